The zero-order chi connectivity index (χ0) is 20.4. The number of hydrogen-bond acceptors (Lipinski definition) is 5. The monoisotopic (exact) mass is 398 g/mol. The van der Waals surface area contributed by atoms with Crippen molar-refractivity contribution in [3.8, 4) is 0 Å². The summed E-state index contributed by atoms with van der Waals surface area (Å²) in [7, 11) is 1.68. The number of ether oxygens (including phenoxy) is 1. The van der Waals surface area contributed by atoms with Crippen molar-refractivity contribution >= 4 is 17.6 Å². The minimum Gasteiger partial charge on any atom is -0.379 e. The van der Waals surface area contributed by atoms with Gasteiger partial charge in [-0.3, -0.25) is 9.59 Å². The molecule has 7 nitrogen and oxygen atoms in total. The number of carbonyl (C=O) groups excluding carboxylic acids is 2. The molecule has 0 bridgehead atoms. The van der Waals surface area contributed by atoms with Crippen LogP contribution in [0.5, 0.6) is 0 Å². The van der Waals surface area contributed by atoms with E-state index < -0.39 is 5.91 Å². The summed E-state index contributed by atoms with van der Waals surface area (Å²) >= 11 is 0. The van der Waals surface area contributed by atoms with Crippen LogP contribution in [-0.2, 0) is 9.53 Å². The van der Waals surface area contributed by atoms with Crippen LogP contribution in [0.15, 0.2) is 30.5 Å². The summed E-state index contributed by atoms with van der Waals surface area (Å²) in [4.78, 5) is 31.2. The molecule has 1 saturated carbocycles. The first kappa shape index (κ1) is 19.9. The van der Waals surface area contributed by atoms with Crippen molar-refractivity contribution in [2.75, 3.05) is 25.5 Å². The van der Waals surface area contributed by atoms with Gasteiger partial charge in [0.05, 0.1) is 17.7 Å². The van der Waals surface area contributed by atoms with Gasteiger partial charge < -0.3 is 20.7 Å². The Hall–Kier alpha value is -2.41. The number of rotatable bonds is 5. The quantitative estimate of drug-likeness (QED) is 0.741. The molecule has 2 aliphatic carbocycles. The summed E-state index contributed by atoms with van der Waals surface area (Å²) in [5, 5.41) is 3.33. The maximum absolute atomic E-state index is 13.2. The lowest BCUT2D eigenvalue weighted by molar-refractivity contribution is -0.137. The summed E-state index contributed by atoms with van der Waals surface area (Å²) < 4.78 is 5.73. The largest absolute Gasteiger partial charge is 0.379 e. The number of carbonyl (C=O) groups is 2. The highest BCUT2D eigenvalue weighted by atomic mass is 16.5. The van der Waals surface area contributed by atoms with Crippen molar-refractivity contribution in [1.29, 1.82) is 0 Å². The molecule has 5 atom stereocenters. The molecule has 156 valence electrons. The lowest BCUT2D eigenvalue weighted by atomic mass is 9.82. The van der Waals surface area contributed by atoms with Crippen molar-refractivity contribution in [3.63, 3.8) is 0 Å². The molecule has 0 aromatic carbocycles. The lowest BCUT2D eigenvalue weighted by Crippen LogP contribution is -2.45. The fraction of sp³-hybridized carbons (Fsp3) is 0.591. The van der Waals surface area contributed by atoms with E-state index in [2.05, 4.69) is 27.4 Å². The number of methoxy groups -OCH3 is 1. The second kappa shape index (κ2) is 8.53. The van der Waals surface area contributed by atoms with Gasteiger partial charge >= 0.3 is 0 Å². The molecule has 1 aromatic heterocycles. The number of allylic oxidation sites excluding steroid dienone is 2. The number of primary amides is 1. The van der Waals surface area contributed by atoms with Crippen LogP contribution in [0.4, 0.5) is 5.82 Å². The molecule has 2 amide bonds. The van der Waals surface area contributed by atoms with Gasteiger partial charge in [-0.1, -0.05) is 12.2 Å². The maximum Gasteiger partial charge on any atom is 0.252 e. The van der Waals surface area contributed by atoms with Gasteiger partial charge in [0.15, 0.2) is 0 Å². The van der Waals surface area contributed by atoms with Gasteiger partial charge in [-0.25, -0.2) is 4.98 Å². The average molecular weight is 399 g/mol. The third kappa shape index (κ3) is 4.15. The number of amides is 2. The molecule has 7 heteroatoms. The normalized spacial score (nSPS) is 31.3. The van der Waals surface area contributed by atoms with Crippen molar-refractivity contribution in [2.24, 2.45) is 23.5 Å². The number of hydrogen-bond donors (Lipinski definition) is 2. The topological polar surface area (TPSA) is 97.6 Å². The van der Waals surface area contributed by atoms with Gasteiger partial charge in [0.25, 0.3) is 5.91 Å². The van der Waals surface area contributed by atoms with Crippen LogP contribution in [0.1, 0.15) is 42.5 Å². The van der Waals surface area contributed by atoms with E-state index in [0.717, 1.165) is 38.8 Å². The highest BCUT2D eigenvalue weighted by Gasteiger charge is 2.40. The first-order chi connectivity index (χ1) is 14.1. The number of likely N-dealkylation sites (tertiary alicyclic amines) is 1. The molecule has 5 unspecified atom stereocenters. The molecule has 3 aliphatic rings. The Morgan fingerprint density at radius 1 is 1.21 bits per heavy atom. The fourth-order valence-electron chi connectivity index (χ4n) is 5.13. The summed E-state index contributed by atoms with van der Waals surface area (Å²) in [5.41, 5.74) is 5.83. The summed E-state index contributed by atoms with van der Waals surface area (Å²) in [6, 6.07) is 3.34. The first-order valence-electron chi connectivity index (χ1n) is 10.5. The second-order valence-corrected chi connectivity index (χ2v) is 8.50. The summed E-state index contributed by atoms with van der Waals surface area (Å²) in [5.74, 6) is 1.48. The van der Waals surface area contributed by atoms with Gasteiger partial charge in [0.1, 0.15) is 5.82 Å². The molecule has 1 saturated heterocycles. The van der Waals surface area contributed by atoms with E-state index in [9.17, 15) is 9.59 Å². The standard InChI is InChI=1S/C22H30N4O3/c1-29-19-11-14(22(28)26-12-15-5-2-3-6-16(15)13-26)8-9-18(19)25-21-17(20(23)27)7-4-10-24-21/h2-4,7,10,14-16,18-19H,5-6,8-9,11-13H2,1H3,(H2,23,27)(H,24,25). The van der Waals surface area contributed by atoms with E-state index in [-0.39, 0.29) is 24.0 Å². The van der Waals surface area contributed by atoms with Crippen LogP contribution in [0.3, 0.4) is 0 Å². The van der Waals surface area contributed by atoms with Crippen molar-refractivity contribution in [3.05, 3.63) is 36.0 Å². The molecule has 2 heterocycles. The van der Waals surface area contributed by atoms with Crippen LogP contribution in [-0.4, -0.2) is 54.0 Å². The maximum atomic E-state index is 13.2. The average Bonchev–Trinajstić information content (AvgIpc) is 3.18. The minimum absolute atomic E-state index is 0.00884. The van der Waals surface area contributed by atoms with Crippen LogP contribution < -0.4 is 11.1 Å². The third-order valence-electron chi connectivity index (χ3n) is 6.77. The molecule has 29 heavy (non-hydrogen) atoms. The molecule has 3 N–H and O–H groups in total. The predicted octanol–water partition coefficient (Wildman–Crippen LogP) is 2.20. The number of pyridine rings is 1. The molecule has 1 aliphatic heterocycles. The molecule has 4 rings (SSSR count). The lowest BCUT2D eigenvalue weighted by Gasteiger charge is -2.37. The van der Waals surface area contributed by atoms with Gasteiger partial charge in [-0.15, -0.1) is 0 Å². The van der Waals surface area contributed by atoms with E-state index in [1.165, 1.54) is 0 Å². The number of nitrogens with two attached hydrogens (primary N) is 1. The van der Waals surface area contributed by atoms with Gasteiger partial charge in [0, 0.05) is 32.3 Å². The molecule has 1 aromatic rings. The van der Waals surface area contributed by atoms with Gasteiger partial charge in [-0.2, -0.15) is 0 Å². The van der Waals surface area contributed by atoms with Crippen LogP contribution >= 0.6 is 0 Å². The summed E-state index contributed by atoms with van der Waals surface area (Å²) in [6.45, 7) is 1.78. The number of anilines is 1. The zero-order valence-electron chi connectivity index (χ0n) is 16.9. The molecule has 2 fully saturated rings. The number of nitrogens with one attached hydrogen (secondary N) is 1. The van der Waals surface area contributed by atoms with E-state index in [0.29, 0.717) is 29.6 Å². The van der Waals surface area contributed by atoms with Crippen molar-refractivity contribution in [2.45, 2.75) is 44.2 Å². The van der Waals surface area contributed by atoms with E-state index in [1.54, 1.807) is 25.4 Å². The molecular weight excluding hydrogens is 368 g/mol. The fourth-order valence-corrected chi connectivity index (χ4v) is 5.13. The Balaban J connectivity index is 1.39. The smallest absolute Gasteiger partial charge is 0.252 e. The zero-order valence-corrected chi connectivity index (χ0v) is 16.9. The second-order valence-electron chi connectivity index (χ2n) is 8.50. The first-order valence-corrected chi connectivity index (χ1v) is 10.5. The van der Waals surface area contributed by atoms with Crippen LogP contribution in [0, 0.1) is 17.8 Å². The Labute approximate surface area is 171 Å². The molecule has 0 radical (unpaired) electrons. The SMILES string of the molecule is COC1CC(C(=O)N2CC3CC=CCC3C2)CCC1Nc1ncccc1C(N)=O. The Bertz CT molecular complexity index is 780. The highest BCUT2D eigenvalue weighted by Crippen LogP contribution is 2.36. The minimum atomic E-state index is -0.511. The van der Waals surface area contributed by atoms with E-state index in [1.807, 2.05) is 0 Å². The number of aromatic nitrogens is 1. The number of nitrogens with zero attached hydrogens (tertiary/aromatic N) is 2. The van der Waals surface area contributed by atoms with E-state index in [4.69, 9.17) is 10.5 Å². The Morgan fingerprint density at radius 2 is 1.93 bits per heavy atom. The number of fused-ring (bicyclic) bond motifs is 1. The van der Waals surface area contributed by atoms with Gasteiger partial charge in [0.2, 0.25) is 5.91 Å². The molecular formula is C22H30N4O3. The van der Waals surface area contributed by atoms with Crippen molar-refractivity contribution in [1.82, 2.24) is 9.88 Å². The Kier molecular flexibility index (Phi) is 5.85. The van der Waals surface area contributed by atoms with Crippen molar-refractivity contribution < 1.29 is 14.3 Å². The highest BCUT2D eigenvalue weighted by molar-refractivity contribution is 5.97. The van der Waals surface area contributed by atoms with Crippen LogP contribution in [0.2, 0.25) is 0 Å². The van der Waals surface area contributed by atoms with Crippen LogP contribution in [0.25, 0.3) is 0 Å². The molecule has 0 spiro atoms. The van der Waals surface area contributed by atoms with Gasteiger partial charge in [-0.05, 0) is 56.1 Å². The third-order valence-corrected chi connectivity index (χ3v) is 6.77. The predicted molar refractivity (Wildman–Crippen MR) is 110 cm³/mol. The van der Waals surface area contributed by atoms with E-state index >= 15 is 0 Å². The summed E-state index contributed by atoms with van der Waals surface area (Å²) in [6.07, 6.45) is 10.5. The Morgan fingerprint density at radius 3 is 2.59 bits per heavy atom.